The molecule has 0 amide bonds. The van der Waals surface area contributed by atoms with Crippen molar-refractivity contribution in [3.05, 3.63) is 23.3 Å². The summed E-state index contributed by atoms with van der Waals surface area (Å²) < 4.78 is 25.7. The molecule has 0 saturated carbocycles. The molecule has 16 heavy (non-hydrogen) atoms. The molecule has 0 rings (SSSR count). The molecule has 0 N–H and O–H groups in total. The summed E-state index contributed by atoms with van der Waals surface area (Å²) in [5.74, 6) is -2.72. The molecular weight excluding hydrogens is 208 g/mol. The highest BCUT2D eigenvalue weighted by molar-refractivity contribution is 5.20. The lowest BCUT2D eigenvalue weighted by Crippen LogP contribution is -2.27. The van der Waals surface area contributed by atoms with Crippen LogP contribution in [0.5, 0.6) is 0 Å². The first kappa shape index (κ1) is 15.3. The third-order valence-electron chi connectivity index (χ3n) is 2.69. The van der Waals surface area contributed by atoms with Crippen molar-refractivity contribution in [2.45, 2.75) is 46.6 Å². The summed E-state index contributed by atoms with van der Waals surface area (Å²) >= 11 is 0. The standard InChI is InChI=1S/C13H23F2N/c1-10(2)16(6)9-11(3)7-8-12(4)13(5,14)15/h7-8,10H,9H2,1-6H3/b11-7+,12-8+. The summed E-state index contributed by atoms with van der Waals surface area (Å²) in [6, 6.07) is 0.459. The predicted octanol–water partition coefficient (Wildman–Crippen LogP) is 3.87. The van der Waals surface area contributed by atoms with Crippen molar-refractivity contribution in [1.82, 2.24) is 4.90 Å². The number of halogens is 2. The first-order valence-electron chi connectivity index (χ1n) is 5.57. The van der Waals surface area contributed by atoms with Crippen LogP contribution in [0.2, 0.25) is 0 Å². The lowest BCUT2D eigenvalue weighted by molar-refractivity contribution is 0.0635. The quantitative estimate of drug-likeness (QED) is 0.649. The fourth-order valence-electron chi connectivity index (χ4n) is 1.04. The van der Waals surface area contributed by atoms with Gasteiger partial charge in [0.2, 0.25) is 0 Å². The monoisotopic (exact) mass is 231 g/mol. The Morgan fingerprint density at radius 2 is 1.75 bits per heavy atom. The average molecular weight is 231 g/mol. The zero-order valence-corrected chi connectivity index (χ0v) is 11.1. The fraction of sp³-hybridized carbons (Fsp3) is 0.692. The Bertz CT molecular complexity index is 272. The fourth-order valence-corrected chi connectivity index (χ4v) is 1.04. The van der Waals surface area contributed by atoms with Gasteiger partial charge in [0.15, 0.2) is 0 Å². The van der Waals surface area contributed by atoms with E-state index in [4.69, 9.17) is 0 Å². The van der Waals surface area contributed by atoms with E-state index in [-0.39, 0.29) is 5.57 Å². The lowest BCUT2D eigenvalue weighted by Gasteiger charge is -2.21. The first-order valence-corrected chi connectivity index (χ1v) is 5.57. The Balaban J connectivity index is 4.46. The molecule has 0 heterocycles. The van der Waals surface area contributed by atoms with Crippen molar-refractivity contribution in [2.24, 2.45) is 0 Å². The summed E-state index contributed by atoms with van der Waals surface area (Å²) in [4.78, 5) is 2.17. The van der Waals surface area contributed by atoms with Crippen molar-refractivity contribution in [2.75, 3.05) is 13.6 Å². The zero-order valence-electron chi connectivity index (χ0n) is 11.1. The molecular formula is C13H23F2N. The van der Waals surface area contributed by atoms with Gasteiger partial charge < -0.3 is 4.90 Å². The van der Waals surface area contributed by atoms with Crippen LogP contribution in [0.1, 0.15) is 34.6 Å². The molecule has 1 nitrogen and oxygen atoms in total. The number of rotatable bonds is 5. The van der Waals surface area contributed by atoms with Gasteiger partial charge in [-0.3, -0.25) is 0 Å². The molecule has 0 bridgehead atoms. The summed E-state index contributed by atoms with van der Waals surface area (Å²) in [6.45, 7) is 9.34. The molecule has 0 saturated heterocycles. The Hall–Kier alpha value is -0.700. The van der Waals surface area contributed by atoms with Gasteiger partial charge in [0.05, 0.1) is 0 Å². The Morgan fingerprint density at radius 1 is 1.25 bits per heavy atom. The van der Waals surface area contributed by atoms with Crippen LogP contribution in [0, 0.1) is 0 Å². The topological polar surface area (TPSA) is 3.24 Å². The number of likely N-dealkylation sites (N-methyl/N-ethyl adjacent to an activating group) is 1. The largest absolute Gasteiger partial charge is 0.300 e. The molecule has 0 unspecified atom stereocenters. The predicted molar refractivity (Wildman–Crippen MR) is 65.9 cm³/mol. The Labute approximate surface area is 97.8 Å². The average Bonchev–Trinajstić information content (AvgIpc) is 2.12. The van der Waals surface area contributed by atoms with Crippen molar-refractivity contribution >= 4 is 0 Å². The van der Waals surface area contributed by atoms with Gasteiger partial charge in [-0.05, 0) is 40.3 Å². The molecule has 0 spiro atoms. The number of nitrogens with zero attached hydrogens (tertiary/aromatic N) is 1. The van der Waals surface area contributed by atoms with Gasteiger partial charge in [0.25, 0.3) is 5.92 Å². The zero-order chi connectivity index (χ0) is 12.9. The maximum atomic E-state index is 12.8. The summed E-state index contributed by atoms with van der Waals surface area (Å²) in [5.41, 5.74) is 1.18. The van der Waals surface area contributed by atoms with Crippen molar-refractivity contribution in [3.63, 3.8) is 0 Å². The highest BCUT2D eigenvalue weighted by Crippen LogP contribution is 2.22. The molecule has 0 radical (unpaired) electrons. The van der Waals surface area contributed by atoms with Crippen LogP contribution >= 0.6 is 0 Å². The van der Waals surface area contributed by atoms with Gasteiger partial charge in [-0.15, -0.1) is 0 Å². The van der Waals surface area contributed by atoms with Gasteiger partial charge in [-0.2, -0.15) is 0 Å². The normalized spacial score (nSPS) is 15.1. The molecule has 0 fully saturated rings. The van der Waals surface area contributed by atoms with E-state index in [2.05, 4.69) is 18.7 Å². The molecule has 0 aliphatic carbocycles. The summed E-state index contributed by atoms with van der Waals surface area (Å²) in [5, 5.41) is 0. The van der Waals surface area contributed by atoms with Crippen LogP contribution in [-0.2, 0) is 0 Å². The maximum Gasteiger partial charge on any atom is 0.266 e. The number of hydrogen-bond acceptors (Lipinski definition) is 1. The van der Waals surface area contributed by atoms with E-state index in [1.165, 1.54) is 13.0 Å². The molecule has 3 heteroatoms. The van der Waals surface area contributed by atoms with E-state index in [1.54, 1.807) is 6.08 Å². The minimum Gasteiger partial charge on any atom is -0.300 e. The van der Waals surface area contributed by atoms with Crippen LogP contribution in [0.3, 0.4) is 0 Å². The SMILES string of the molecule is C/C(=C\C=C(/C)C(C)(F)F)CN(C)C(C)C. The van der Waals surface area contributed by atoms with Gasteiger partial charge in [0, 0.05) is 19.5 Å². The second-order valence-corrected chi connectivity index (χ2v) is 4.76. The maximum absolute atomic E-state index is 12.8. The number of allylic oxidation sites excluding steroid dienone is 3. The third-order valence-corrected chi connectivity index (χ3v) is 2.69. The van der Waals surface area contributed by atoms with Crippen molar-refractivity contribution in [3.8, 4) is 0 Å². The van der Waals surface area contributed by atoms with E-state index in [0.29, 0.717) is 6.04 Å². The van der Waals surface area contributed by atoms with E-state index in [9.17, 15) is 8.78 Å². The van der Waals surface area contributed by atoms with Gasteiger partial charge in [-0.25, -0.2) is 8.78 Å². The highest BCUT2D eigenvalue weighted by atomic mass is 19.3. The molecule has 94 valence electrons. The second kappa shape index (κ2) is 6.14. The van der Waals surface area contributed by atoms with Crippen LogP contribution in [0.4, 0.5) is 8.78 Å². The smallest absolute Gasteiger partial charge is 0.266 e. The van der Waals surface area contributed by atoms with E-state index in [1.807, 2.05) is 14.0 Å². The molecule has 0 atom stereocenters. The lowest BCUT2D eigenvalue weighted by atomic mass is 10.1. The van der Waals surface area contributed by atoms with Gasteiger partial charge in [0.1, 0.15) is 0 Å². The third kappa shape index (κ3) is 6.01. The number of hydrogen-bond donors (Lipinski definition) is 0. The number of alkyl halides is 2. The minimum absolute atomic E-state index is 0.0963. The molecule has 0 aromatic carbocycles. The van der Waals surface area contributed by atoms with E-state index in [0.717, 1.165) is 19.0 Å². The van der Waals surface area contributed by atoms with Gasteiger partial charge in [-0.1, -0.05) is 17.7 Å². The van der Waals surface area contributed by atoms with Crippen LogP contribution in [-0.4, -0.2) is 30.5 Å². The molecule has 0 aliphatic rings. The van der Waals surface area contributed by atoms with Crippen molar-refractivity contribution < 1.29 is 8.78 Å². The first-order chi connectivity index (χ1) is 7.14. The molecule has 0 aliphatic heterocycles. The summed E-state index contributed by atoms with van der Waals surface area (Å²) in [6.07, 6.45) is 3.27. The van der Waals surface area contributed by atoms with Crippen molar-refractivity contribution in [1.29, 1.82) is 0 Å². The van der Waals surface area contributed by atoms with Crippen LogP contribution < -0.4 is 0 Å². The van der Waals surface area contributed by atoms with Gasteiger partial charge >= 0.3 is 0 Å². The van der Waals surface area contributed by atoms with E-state index >= 15 is 0 Å². The second-order valence-electron chi connectivity index (χ2n) is 4.76. The Kier molecular flexibility index (Phi) is 5.87. The highest BCUT2D eigenvalue weighted by Gasteiger charge is 2.22. The van der Waals surface area contributed by atoms with Crippen LogP contribution in [0.25, 0.3) is 0 Å². The van der Waals surface area contributed by atoms with Crippen LogP contribution in [0.15, 0.2) is 23.3 Å². The molecule has 0 aromatic rings. The molecule has 0 aromatic heterocycles. The van der Waals surface area contributed by atoms with E-state index < -0.39 is 5.92 Å². The summed E-state index contributed by atoms with van der Waals surface area (Å²) in [7, 11) is 2.02. The Morgan fingerprint density at radius 3 is 2.12 bits per heavy atom. The minimum atomic E-state index is -2.72.